The molecule has 8 nitrogen and oxygen atoms in total. The molecule has 0 aromatic heterocycles. The standard InChI is InChI=1S/C25H30N4O4/c1-4-33-24(31)21-22(18-11-9-17(2)10-12-18)26-25(27-23(21)30)29-15-13-28(14-16-29)19-7-5-6-8-20(19)32-3/h5-12,21-22H,4,13-16H2,1-3H3,(H,26,27,30)/t21-,22+/m1/s1. The van der Waals surface area contributed by atoms with E-state index in [2.05, 4.69) is 15.1 Å². The van der Waals surface area contributed by atoms with Crippen LogP contribution in [0.2, 0.25) is 0 Å². The number of carbonyl (C=O) groups excluding carboxylic acids is 2. The maximum atomic E-state index is 13.0. The number of amides is 1. The zero-order chi connectivity index (χ0) is 23.4. The molecular formula is C25H30N4O4. The Morgan fingerprint density at radius 2 is 1.73 bits per heavy atom. The molecule has 2 aromatic rings. The summed E-state index contributed by atoms with van der Waals surface area (Å²) in [5, 5.41) is 2.86. The lowest BCUT2D eigenvalue weighted by Gasteiger charge is -2.40. The number of rotatable bonds is 5. The predicted molar refractivity (Wildman–Crippen MR) is 126 cm³/mol. The summed E-state index contributed by atoms with van der Waals surface area (Å²) in [5.74, 6) is -0.594. The molecule has 4 rings (SSSR count). The number of nitrogens with one attached hydrogen (secondary N) is 1. The third-order valence-electron chi connectivity index (χ3n) is 6.06. The van der Waals surface area contributed by atoms with Crippen LogP contribution in [0.4, 0.5) is 5.69 Å². The van der Waals surface area contributed by atoms with Crippen LogP contribution in [0.5, 0.6) is 5.75 Å². The number of methoxy groups -OCH3 is 1. The number of ether oxygens (including phenoxy) is 2. The average molecular weight is 451 g/mol. The lowest BCUT2D eigenvalue weighted by atomic mass is 9.91. The fourth-order valence-electron chi connectivity index (χ4n) is 4.28. The van der Waals surface area contributed by atoms with Crippen LogP contribution in [-0.4, -0.2) is 62.6 Å². The zero-order valence-electron chi connectivity index (χ0n) is 19.3. The van der Waals surface area contributed by atoms with E-state index in [1.165, 1.54) is 0 Å². The van der Waals surface area contributed by atoms with Crippen molar-refractivity contribution < 1.29 is 19.1 Å². The van der Waals surface area contributed by atoms with Crippen molar-refractivity contribution in [3.8, 4) is 5.75 Å². The van der Waals surface area contributed by atoms with Crippen molar-refractivity contribution >= 4 is 23.5 Å². The van der Waals surface area contributed by atoms with E-state index in [9.17, 15) is 9.59 Å². The highest BCUT2D eigenvalue weighted by Gasteiger charge is 2.42. The summed E-state index contributed by atoms with van der Waals surface area (Å²) in [5.41, 5.74) is 2.97. The van der Waals surface area contributed by atoms with Crippen LogP contribution in [0, 0.1) is 12.8 Å². The normalized spacial score (nSPS) is 20.7. The van der Waals surface area contributed by atoms with Crippen LogP contribution in [0.1, 0.15) is 24.1 Å². The van der Waals surface area contributed by atoms with Crippen LogP contribution < -0.4 is 15.0 Å². The summed E-state index contributed by atoms with van der Waals surface area (Å²) in [6.45, 7) is 6.82. The third kappa shape index (κ3) is 4.79. The van der Waals surface area contributed by atoms with Crippen LogP contribution in [0.25, 0.3) is 0 Å². The Bertz CT molecular complexity index is 1030. The number of guanidine groups is 1. The molecule has 174 valence electrons. The van der Waals surface area contributed by atoms with E-state index < -0.39 is 17.9 Å². The number of hydrogen-bond acceptors (Lipinski definition) is 7. The van der Waals surface area contributed by atoms with Crippen molar-refractivity contribution in [2.24, 2.45) is 10.9 Å². The average Bonchev–Trinajstić information content (AvgIpc) is 2.84. The number of nitrogens with zero attached hydrogens (tertiary/aromatic N) is 3. The van der Waals surface area contributed by atoms with Crippen molar-refractivity contribution in [1.82, 2.24) is 10.2 Å². The van der Waals surface area contributed by atoms with Gasteiger partial charge in [0.1, 0.15) is 11.8 Å². The van der Waals surface area contributed by atoms with E-state index in [1.807, 2.05) is 55.5 Å². The van der Waals surface area contributed by atoms with Gasteiger partial charge in [0.05, 0.1) is 19.4 Å². The minimum Gasteiger partial charge on any atom is -0.495 e. The first-order valence-electron chi connectivity index (χ1n) is 11.3. The van der Waals surface area contributed by atoms with Gasteiger partial charge in [-0.15, -0.1) is 0 Å². The molecule has 1 saturated heterocycles. The van der Waals surface area contributed by atoms with E-state index in [0.717, 1.165) is 35.7 Å². The van der Waals surface area contributed by atoms with Gasteiger partial charge in [0.15, 0.2) is 5.92 Å². The quantitative estimate of drug-likeness (QED) is 0.557. The monoisotopic (exact) mass is 450 g/mol. The first-order chi connectivity index (χ1) is 16.0. The maximum absolute atomic E-state index is 13.0. The van der Waals surface area contributed by atoms with Crippen LogP contribution in [0.15, 0.2) is 53.5 Å². The van der Waals surface area contributed by atoms with Gasteiger partial charge in [0.2, 0.25) is 11.9 Å². The summed E-state index contributed by atoms with van der Waals surface area (Å²) >= 11 is 0. The molecule has 0 bridgehead atoms. The third-order valence-corrected chi connectivity index (χ3v) is 6.06. The zero-order valence-corrected chi connectivity index (χ0v) is 19.3. The van der Waals surface area contributed by atoms with Gasteiger partial charge in [-0.1, -0.05) is 42.0 Å². The van der Waals surface area contributed by atoms with Crippen molar-refractivity contribution in [3.63, 3.8) is 0 Å². The number of para-hydroxylation sites is 2. The van der Waals surface area contributed by atoms with E-state index in [-0.39, 0.29) is 12.5 Å². The number of piperazine rings is 1. The number of hydrogen-bond donors (Lipinski definition) is 1. The smallest absolute Gasteiger partial charge is 0.321 e. The largest absolute Gasteiger partial charge is 0.495 e. The molecule has 2 heterocycles. The summed E-state index contributed by atoms with van der Waals surface area (Å²) in [7, 11) is 1.67. The van der Waals surface area contributed by atoms with Gasteiger partial charge in [-0.05, 0) is 31.5 Å². The van der Waals surface area contributed by atoms with Crippen molar-refractivity contribution in [1.29, 1.82) is 0 Å². The molecule has 2 aromatic carbocycles. The van der Waals surface area contributed by atoms with E-state index in [0.29, 0.717) is 19.0 Å². The molecule has 0 spiro atoms. The van der Waals surface area contributed by atoms with Gasteiger partial charge < -0.3 is 19.3 Å². The molecule has 2 aliphatic rings. The molecule has 8 heteroatoms. The minimum atomic E-state index is -1.01. The predicted octanol–water partition coefficient (Wildman–Crippen LogP) is 2.53. The minimum absolute atomic E-state index is 0.213. The Kier molecular flexibility index (Phi) is 6.82. The van der Waals surface area contributed by atoms with E-state index in [4.69, 9.17) is 14.5 Å². The highest BCUT2D eigenvalue weighted by Crippen LogP contribution is 2.32. The second kappa shape index (κ2) is 9.94. The number of esters is 1. The maximum Gasteiger partial charge on any atom is 0.321 e. The number of aryl methyl sites for hydroxylation is 1. The Morgan fingerprint density at radius 1 is 1.06 bits per heavy atom. The lowest BCUT2D eigenvalue weighted by Crippen LogP contribution is -2.57. The first-order valence-corrected chi connectivity index (χ1v) is 11.3. The van der Waals surface area contributed by atoms with E-state index >= 15 is 0 Å². The SMILES string of the molecule is CCOC(=O)[C@H]1C(=O)NC(N2CCN(c3ccccc3OC)CC2)=N[C@H]1c1ccc(C)cc1. The fraction of sp³-hybridized carbons (Fsp3) is 0.400. The van der Waals surface area contributed by atoms with Crippen molar-refractivity contribution in [2.75, 3.05) is 44.8 Å². The Morgan fingerprint density at radius 3 is 2.39 bits per heavy atom. The van der Waals surface area contributed by atoms with E-state index in [1.54, 1.807) is 14.0 Å². The van der Waals surface area contributed by atoms with Gasteiger partial charge in [-0.25, -0.2) is 4.99 Å². The van der Waals surface area contributed by atoms with Crippen LogP contribution in [-0.2, 0) is 14.3 Å². The molecule has 0 aliphatic carbocycles. The summed E-state index contributed by atoms with van der Waals surface area (Å²) in [4.78, 5) is 34.8. The Hall–Kier alpha value is -3.55. The molecule has 0 unspecified atom stereocenters. The van der Waals surface area contributed by atoms with Crippen LogP contribution >= 0.6 is 0 Å². The topological polar surface area (TPSA) is 83.5 Å². The molecule has 33 heavy (non-hydrogen) atoms. The molecule has 2 atom stereocenters. The van der Waals surface area contributed by atoms with Gasteiger partial charge in [-0.2, -0.15) is 0 Å². The highest BCUT2D eigenvalue weighted by atomic mass is 16.5. The van der Waals surface area contributed by atoms with Crippen LogP contribution in [0.3, 0.4) is 0 Å². The second-order valence-corrected chi connectivity index (χ2v) is 8.17. The number of benzene rings is 2. The molecule has 2 aliphatic heterocycles. The molecule has 0 radical (unpaired) electrons. The van der Waals surface area contributed by atoms with Crippen molar-refractivity contribution in [2.45, 2.75) is 19.9 Å². The first kappa shape index (κ1) is 22.6. The summed E-state index contributed by atoms with van der Waals surface area (Å²) in [6.07, 6.45) is 0. The van der Waals surface area contributed by atoms with Crippen molar-refractivity contribution in [3.05, 3.63) is 59.7 Å². The number of carbonyl (C=O) groups is 2. The molecule has 0 saturated carbocycles. The molecule has 1 fully saturated rings. The van der Waals surface area contributed by atoms with Gasteiger partial charge in [0, 0.05) is 26.2 Å². The van der Waals surface area contributed by atoms with Gasteiger partial charge in [-0.3, -0.25) is 14.9 Å². The molecule has 1 N–H and O–H groups in total. The molecular weight excluding hydrogens is 420 g/mol. The molecule has 1 amide bonds. The summed E-state index contributed by atoms with van der Waals surface area (Å²) in [6, 6.07) is 15.1. The number of anilines is 1. The summed E-state index contributed by atoms with van der Waals surface area (Å²) < 4.78 is 10.7. The number of aliphatic imine (C=N–C) groups is 1. The lowest BCUT2D eigenvalue weighted by molar-refractivity contribution is -0.153. The Labute approximate surface area is 194 Å². The fourth-order valence-corrected chi connectivity index (χ4v) is 4.28. The Balaban J connectivity index is 1.56. The van der Waals surface area contributed by atoms with Gasteiger partial charge >= 0.3 is 5.97 Å². The highest BCUT2D eigenvalue weighted by molar-refractivity contribution is 6.08. The second-order valence-electron chi connectivity index (χ2n) is 8.17. The van der Waals surface area contributed by atoms with Gasteiger partial charge in [0.25, 0.3) is 0 Å².